The van der Waals surface area contributed by atoms with Crippen LogP contribution in [0.4, 0.5) is 0 Å². The molecule has 1 saturated heterocycles. The number of nitrogens with one attached hydrogen (secondary N) is 1. The zero-order valence-electron chi connectivity index (χ0n) is 8.89. The van der Waals surface area contributed by atoms with E-state index in [0.29, 0.717) is 11.1 Å². The molecule has 5 nitrogen and oxygen atoms in total. The molecule has 0 aromatic carbocycles. The van der Waals surface area contributed by atoms with Crippen LogP contribution in [-0.4, -0.2) is 35.0 Å². The molecule has 3 N–H and O–H groups in total. The van der Waals surface area contributed by atoms with Crippen molar-refractivity contribution in [3.8, 4) is 0 Å². The number of H-pyrrole nitrogens is 1. The fraction of sp³-hybridized carbons (Fsp3) is 0.600. The summed E-state index contributed by atoms with van der Waals surface area (Å²) in [7, 11) is 0. The number of rotatable bonds is 4. The lowest BCUT2D eigenvalue weighted by atomic mass is 10.0. The zero-order chi connectivity index (χ0) is 11.4. The topological polar surface area (TPSA) is 81.0 Å². The number of hydrogen-bond acceptors (Lipinski definition) is 5. The third kappa shape index (κ3) is 3.07. The molecule has 2 atom stereocenters. The molecule has 1 aromatic heterocycles. The van der Waals surface area contributed by atoms with Crippen LogP contribution in [-0.2, 0) is 4.74 Å². The van der Waals surface area contributed by atoms with Crippen molar-refractivity contribution in [1.29, 1.82) is 0 Å². The molecule has 0 saturated carbocycles. The standard InChI is InChI=1S/C10H15N3O2S/c11-8(7-2-4-15-5-7)6-16-10-12-3-1-9(14)13-10/h1,3,7-8H,2,4-6,11H2,(H,12,13,14). The van der Waals surface area contributed by atoms with Crippen LogP contribution in [0.3, 0.4) is 0 Å². The summed E-state index contributed by atoms with van der Waals surface area (Å²) in [6.07, 6.45) is 2.53. The van der Waals surface area contributed by atoms with Gasteiger partial charge in [0.05, 0.1) is 6.61 Å². The average molecular weight is 241 g/mol. The summed E-state index contributed by atoms with van der Waals surface area (Å²) in [6.45, 7) is 1.56. The molecule has 0 bridgehead atoms. The normalized spacial score (nSPS) is 22.2. The Morgan fingerprint density at radius 1 is 1.75 bits per heavy atom. The molecule has 6 heteroatoms. The van der Waals surface area contributed by atoms with Crippen molar-refractivity contribution in [3.63, 3.8) is 0 Å². The quantitative estimate of drug-likeness (QED) is 0.582. The van der Waals surface area contributed by atoms with Crippen molar-refractivity contribution < 1.29 is 4.74 Å². The predicted molar refractivity (Wildman–Crippen MR) is 62.5 cm³/mol. The lowest BCUT2D eigenvalue weighted by Gasteiger charge is -2.16. The summed E-state index contributed by atoms with van der Waals surface area (Å²) >= 11 is 1.48. The molecule has 1 fully saturated rings. The van der Waals surface area contributed by atoms with Crippen LogP contribution in [0.25, 0.3) is 0 Å². The van der Waals surface area contributed by atoms with E-state index in [1.165, 1.54) is 24.0 Å². The Labute approximate surface area is 97.8 Å². The Balaban J connectivity index is 1.84. The Morgan fingerprint density at radius 2 is 2.62 bits per heavy atom. The van der Waals surface area contributed by atoms with Gasteiger partial charge < -0.3 is 15.5 Å². The van der Waals surface area contributed by atoms with E-state index in [-0.39, 0.29) is 11.6 Å². The largest absolute Gasteiger partial charge is 0.381 e. The van der Waals surface area contributed by atoms with Crippen LogP contribution in [0.1, 0.15) is 6.42 Å². The highest BCUT2D eigenvalue weighted by Gasteiger charge is 2.22. The maximum Gasteiger partial charge on any atom is 0.251 e. The molecule has 2 rings (SSSR count). The molecule has 1 aromatic rings. The summed E-state index contributed by atoms with van der Waals surface area (Å²) in [5.74, 6) is 1.18. The van der Waals surface area contributed by atoms with Crippen LogP contribution >= 0.6 is 11.8 Å². The van der Waals surface area contributed by atoms with Gasteiger partial charge in [-0.2, -0.15) is 0 Å². The van der Waals surface area contributed by atoms with Gasteiger partial charge in [-0.15, -0.1) is 0 Å². The first-order valence-electron chi connectivity index (χ1n) is 5.27. The minimum absolute atomic E-state index is 0.0954. The summed E-state index contributed by atoms with van der Waals surface area (Å²) < 4.78 is 5.29. The third-order valence-electron chi connectivity index (χ3n) is 2.63. The van der Waals surface area contributed by atoms with Crippen molar-refractivity contribution in [2.45, 2.75) is 17.6 Å². The van der Waals surface area contributed by atoms with E-state index in [1.54, 1.807) is 0 Å². The minimum Gasteiger partial charge on any atom is -0.381 e. The summed E-state index contributed by atoms with van der Waals surface area (Å²) in [4.78, 5) is 17.8. The number of thioether (sulfide) groups is 1. The van der Waals surface area contributed by atoms with E-state index in [0.717, 1.165) is 25.4 Å². The van der Waals surface area contributed by atoms with Crippen molar-refractivity contribution in [3.05, 3.63) is 22.6 Å². The van der Waals surface area contributed by atoms with Gasteiger partial charge in [-0.05, 0) is 6.42 Å². The number of ether oxygens (including phenoxy) is 1. The first-order valence-corrected chi connectivity index (χ1v) is 6.26. The summed E-state index contributed by atoms with van der Waals surface area (Å²) in [5, 5.41) is 0.627. The highest BCUT2D eigenvalue weighted by molar-refractivity contribution is 7.99. The van der Waals surface area contributed by atoms with Crippen molar-refractivity contribution in [1.82, 2.24) is 9.97 Å². The van der Waals surface area contributed by atoms with Crippen LogP contribution in [0.15, 0.2) is 22.2 Å². The maximum atomic E-state index is 11.0. The number of hydrogen-bond donors (Lipinski definition) is 2. The molecule has 16 heavy (non-hydrogen) atoms. The van der Waals surface area contributed by atoms with E-state index in [4.69, 9.17) is 10.5 Å². The highest BCUT2D eigenvalue weighted by Crippen LogP contribution is 2.20. The molecule has 1 aliphatic heterocycles. The van der Waals surface area contributed by atoms with E-state index in [9.17, 15) is 4.79 Å². The van der Waals surface area contributed by atoms with Gasteiger partial charge in [0.15, 0.2) is 5.16 Å². The van der Waals surface area contributed by atoms with Gasteiger partial charge >= 0.3 is 0 Å². The van der Waals surface area contributed by atoms with E-state index < -0.39 is 0 Å². The van der Waals surface area contributed by atoms with Gasteiger partial charge in [-0.25, -0.2) is 4.98 Å². The fourth-order valence-electron chi connectivity index (χ4n) is 1.63. The average Bonchev–Trinajstić information content (AvgIpc) is 2.79. The van der Waals surface area contributed by atoms with Crippen LogP contribution in [0.5, 0.6) is 0 Å². The Morgan fingerprint density at radius 3 is 3.31 bits per heavy atom. The second-order valence-corrected chi connectivity index (χ2v) is 4.85. The van der Waals surface area contributed by atoms with E-state index >= 15 is 0 Å². The second kappa shape index (κ2) is 5.47. The van der Waals surface area contributed by atoms with Crippen molar-refractivity contribution in [2.75, 3.05) is 19.0 Å². The number of aromatic amines is 1. The van der Waals surface area contributed by atoms with Crippen molar-refractivity contribution in [2.24, 2.45) is 11.7 Å². The molecule has 2 unspecified atom stereocenters. The predicted octanol–water partition coefficient (Wildman–Crippen LogP) is 0.226. The van der Waals surface area contributed by atoms with Crippen LogP contribution < -0.4 is 11.3 Å². The SMILES string of the molecule is NC(CSc1nccc(=O)[nH]1)C1CCOC1. The Bertz CT molecular complexity index is 390. The van der Waals surface area contributed by atoms with Gasteiger partial charge in [-0.1, -0.05) is 11.8 Å². The van der Waals surface area contributed by atoms with Crippen molar-refractivity contribution >= 4 is 11.8 Å². The number of nitrogens with zero attached hydrogens (tertiary/aromatic N) is 1. The van der Waals surface area contributed by atoms with Gasteiger partial charge in [0.25, 0.3) is 5.56 Å². The lowest BCUT2D eigenvalue weighted by Crippen LogP contribution is -2.32. The number of aromatic nitrogens is 2. The van der Waals surface area contributed by atoms with Gasteiger partial charge in [-0.3, -0.25) is 4.79 Å². The molecular formula is C10H15N3O2S. The molecule has 0 radical (unpaired) electrons. The van der Waals surface area contributed by atoms with Gasteiger partial charge in [0.2, 0.25) is 0 Å². The summed E-state index contributed by atoms with van der Waals surface area (Å²) in [5.41, 5.74) is 5.91. The molecule has 0 spiro atoms. The first kappa shape index (κ1) is 11.6. The molecule has 0 amide bonds. The number of nitrogens with two attached hydrogens (primary N) is 1. The zero-order valence-corrected chi connectivity index (χ0v) is 9.70. The lowest BCUT2D eigenvalue weighted by molar-refractivity contribution is 0.182. The van der Waals surface area contributed by atoms with Gasteiger partial charge in [0.1, 0.15) is 0 Å². The molecule has 1 aliphatic rings. The highest BCUT2D eigenvalue weighted by atomic mass is 32.2. The van der Waals surface area contributed by atoms with Crippen LogP contribution in [0, 0.1) is 5.92 Å². The second-order valence-electron chi connectivity index (χ2n) is 3.84. The Kier molecular flexibility index (Phi) is 3.98. The van der Waals surface area contributed by atoms with E-state index in [1.807, 2.05) is 0 Å². The first-order chi connectivity index (χ1) is 7.75. The third-order valence-corrected chi connectivity index (χ3v) is 3.66. The van der Waals surface area contributed by atoms with Gasteiger partial charge in [0, 0.05) is 36.6 Å². The Hall–Kier alpha value is -0.850. The fourth-order valence-corrected chi connectivity index (χ4v) is 2.56. The summed E-state index contributed by atoms with van der Waals surface area (Å²) in [6, 6.07) is 1.49. The monoisotopic (exact) mass is 241 g/mol. The maximum absolute atomic E-state index is 11.0. The van der Waals surface area contributed by atoms with Crippen LogP contribution in [0.2, 0.25) is 0 Å². The molecule has 0 aliphatic carbocycles. The molecule has 88 valence electrons. The molecular weight excluding hydrogens is 226 g/mol. The van der Waals surface area contributed by atoms with E-state index in [2.05, 4.69) is 9.97 Å². The smallest absolute Gasteiger partial charge is 0.251 e. The minimum atomic E-state index is -0.129. The molecule has 2 heterocycles.